The first-order chi connectivity index (χ1) is 22.3. The summed E-state index contributed by atoms with van der Waals surface area (Å²) in [6.07, 6.45) is 2.01. The molecule has 0 saturated heterocycles. The second-order valence-corrected chi connectivity index (χ2v) is 11.5. The fourth-order valence-corrected chi connectivity index (χ4v) is 6.89. The third-order valence-corrected chi connectivity index (χ3v) is 8.95. The number of hydrogen-bond donors (Lipinski definition) is 0. The van der Waals surface area contributed by atoms with Crippen LogP contribution < -0.4 is 0 Å². The number of para-hydroxylation sites is 1. The van der Waals surface area contributed by atoms with E-state index in [1.54, 1.807) is 0 Å². The van der Waals surface area contributed by atoms with E-state index in [1.807, 2.05) is 24.4 Å². The van der Waals surface area contributed by atoms with Gasteiger partial charge in [0.1, 0.15) is 11.2 Å². The quantitative estimate of drug-likeness (QED) is 0.196. The zero-order valence-electron chi connectivity index (χ0n) is 24.4. The van der Waals surface area contributed by atoms with E-state index >= 15 is 0 Å². The molecule has 9 aromatic rings. The van der Waals surface area contributed by atoms with Crippen LogP contribution in [0.3, 0.4) is 0 Å². The number of aromatic nitrogens is 1. The summed E-state index contributed by atoms with van der Waals surface area (Å²) in [7, 11) is 0. The lowest BCUT2D eigenvalue weighted by atomic mass is 9.86. The van der Waals surface area contributed by atoms with Crippen LogP contribution in [0.25, 0.3) is 88.1 Å². The smallest absolute Gasteiger partial charge is 0.136 e. The van der Waals surface area contributed by atoms with Gasteiger partial charge in [-0.25, -0.2) is 0 Å². The highest BCUT2D eigenvalue weighted by Gasteiger charge is 2.18. The number of benzene rings is 7. The molecule has 2 heteroatoms. The molecule has 0 unspecified atom stereocenters. The standard InChI is InChI=1S/C43H27NO/c1-2-11-28(12-3-1)29-21-23-30(24-22-29)41-33-13-4-6-15-35(33)42(36-16-7-5-14-34(36)41)38-26-25-31(27-44-38)32-18-10-20-40-43(32)37-17-8-9-19-39(37)45-40/h1-27H. The maximum Gasteiger partial charge on any atom is 0.136 e. The molecule has 0 amide bonds. The maximum absolute atomic E-state index is 6.16. The predicted molar refractivity (Wildman–Crippen MR) is 188 cm³/mol. The largest absolute Gasteiger partial charge is 0.456 e. The molecule has 45 heavy (non-hydrogen) atoms. The molecule has 0 bridgehead atoms. The van der Waals surface area contributed by atoms with Crippen LogP contribution in [0.5, 0.6) is 0 Å². The second kappa shape index (κ2) is 10.3. The Kier molecular flexibility index (Phi) is 5.85. The lowest BCUT2D eigenvalue weighted by Gasteiger charge is -2.17. The molecular formula is C43H27NO. The van der Waals surface area contributed by atoms with Crippen LogP contribution in [0.2, 0.25) is 0 Å². The van der Waals surface area contributed by atoms with E-state index < -0.39 is 0 Å². The summed E-state index contributed by atoms with van der Waals surface area (Å²) in [5.74, 6) is 0. The molecule has 0 aliphatic rings. The second-order valence-electron chi connectivity index (χ2n) is 11.5. The van der Waals surface area contributed by atoms with Crippen molar-refractivity contribution in [3.8, 4) is 44.6 Å². The molecule has 0 aliphatic carbocycles. The van der Waals surface area contributed by atoms with Gasteiger partial charge in [0.15, 0.2) is 0 Å². The van der Waals surface area contributed by atoms with Gasteiger partial charge >= 0.3 is 0 Å². The topological polar surface area (TPSA) is 26.0 Å². The number of nitrogens with zero attached hydrogens (tertiary/aromatic N) is 1. The molecule has 2 heterocycles. The summed E-state index contributed by atoms with van der Waals surface area (Å²) in [5, 5.41) is 7.08. The zero-order valence-corrected chi connectivity index (χ0v) is 24.4. The summed E-state index contributed by atoms with van der Waals surface area (Å²) >= 11 is 0. The van der Waals surface area contributed by atoms with E-state index in [0.717, 1.165) is 44.3 Å². The van der Waals surface area contributed by atoms with Crippen LogP contribution in [0.1, 0.15) is 0 Å². The number of rotatable bonds is 4. The van der Waals surface area contributed by atoms with Gasteiger partial charge in [0.25, 0.3) is 0 Å². The van der Waals surface area contributed by atoms with Crippen molar-refractivity contribution in [3.05, 3.63) is 164 Å². The van der Waals surface area contributed by atoms with Crippen molar-refractivity contribution in [2.75, 3.05) is 0 Å². The molecule has 0 saturated carbocycles. The molecule has 0 N–H and O–H groups in total. The molecule has 0 atom stereocenters. The maximum atomic E-state index is 6.16. The molecule has 2 aromatic heterocycles. The molecule has 210 valence electrons. The number of furan rings is 1. The number of fused-ring (bicyclic) bond motifs is 5. The zero-order chi connectivity index (χ0) is 29.7. The Labute approximate surface area is 260 Å². The lowest BCUT2D eigenvalue weighted by Crippen LogP contribution is -1.93. The highest BCUT2D eigenvalue weighted by molar-refractivity contribution is 6.21. The minimum absolute atomic E-state index is 0.891. The highest BCUT2D eigenvalue weighted by Crippen LogP contribution is 2.44. The molecule has 2 nitrogen and oxygen atoms in total. The average molecular weight is 574 g/mol. The van der Waals surface area contributed by atoms with Gasteiger partial charge in [-0.1, -0.05) is 140 Å². The first kappa shape index (κ1) is 25.5. The van der Waals surface area contributed by atoms with Crippen molar-refractivity contribution in [3.63, 3.8) is 0 Å². The van der Waals surface area contributed by atoms with E-state index in [1.165, 1.54) is 43.8 Å². The van der Waals surface area contributed by atoms with Crippen molar-refractivity contribution in [2.24, 2.45) is 0 Å². The van der Waals surface area contributed by atoms with Crippen molar-refractivity contribution in [1.82, 2.24) is 4.98 Å². The highest BCUT2D eigenvalue weighted by atomic mass is 16.3. The molecule has 9 rings (SSSR count). The molecular weight excluding hydrogens is 546 g/mol. The van der Waals surface area contributed by atoms with Gasteiger partial charge < -0.3 is 4.42 Å². The summed E-state index contributed by atoms with van der Waals surface area (Å²) < 4.78 is 6.16. The molecule has 0 radical (unpaired) electrons. The normalized spacial score (nSPS) is 11.6. The third-order valence-electron chi connectivity index (χ3n) is 8.95. The summed E-state index contributed by atoms with van der Waals surface area (Å²) in [4.78, 5) is 5.11. The molecule has 7 aromatic carbocycles. The van der Waals surface area contributed by atoms with E-state index in [-0.39, 0.29) is 0 Å². The third kappa shape index (κ3) is 4.15. The van der Waals surface area contributed by atoms with Gasteiger partial charge in [-0.05, 0) is 67.6 Å². The fourth-order valence-electron chi connectivity index (χ4n) is 6.89. The van der Waals surface area contributed by atoms with E-state index in [9.17, 15) is 0 Å². The van der Waals surface area contributed by atoms with Crippen molar-refractivity contribution < 1.29 is 4.42 Å². The van der Waals surface area contributed by atoms with Crippen LogP contribution in [0, 0.1) is 0 Å². The first-order valence-corrected chi connectivity index (χ1v) is 15.3. The Morgan fingerprint density at radius 2 is 0.889 bits per heavy atom. The lowest BCUT2D eigenvalue weighted by molar-refractivity contribution is 0.669. The van der Waals surface area contributed by atoms with Gasteiger partial charge in [-0.2, -0.15) is 0 Å². The van der Waals surface area contributed by atoms with Gasteiger partial charge in [0.05, 0.1) is 5.69 Å². The molecule has 0 aliphatic heterocycles. The van der Waals surface area contributed by atoms with Gasteiger partial charge in [0.2, 0.25) is 0 Å². The monoisotopic (exact) mass is 573 g/mol. The Morgan fingerprint density at radius 1 is 0.356 bits per heavy atom. The van der Waals surface area contributed by atoms with Crippen LogP contribution in [-0.2, 0) is 0 Å². The first-order valence-electron chi connectivity index (χ1n) is 15.3. The van der Waals surface area contributed by atoms with E-state index in [2.05, 4.69) is 140 Å². The van der Waals surface area contributed by atoms with Gasteiger partial charge in [-0.15, -0.1) is 0 Å². The Hall–Kier alpha value is -5.99. The molecule has 0 fully saturated rings. The van der Waals surface area contributed by atoms with Gasteiger partial charge in [0, 0.05) is 28.1 Å². The molecule has 0 spiro atoms. The minimum Gasteiger partial charge on any atom is -0.456 e. The average Bonchev–Trinajstić information content (AvgIpc) is 3.50. The Bertz CT molecular complexity index is 2450. The van der Waals surface area contributed by atoms with Gasteiger partial charge in [-0.3, -0.25) is 4.98 Å². The Balaban J connectivity index is 1.21. The van der Waals surface area contributed by atoms with E-state index in [4.69, 9.17) is 9.40 Å². The number of pyridine rings is 1. The van der Waals surface area contributed by atoms with Crippen molar-refractivity contribution in [1.29, 1.82) is 0 Å². The van der Waals surface area contributed by atoms with Crippen molar-refractivity contribution >= 4 is 43.5 Å². The van der Waals surface area contributed by atoms with E-state index in [0.29, 0.717) is 0 Å². The summed E-state index contributed by atoms with van der Waals surface area (Å²) in [5.41, 5.74) is 11.0. The van der Waals surface area contributed by atoms with Crippen LogP contribution in [-0.4, -0.2) is 4.98 Å². The minimum atomic E-state index is 0.891. The number of hydrogen-bond acceptors (Lipinski definition) is 2. The SMILES string of the molecule is c1ccc(-c2ccc(-c3c4ccccc4c(-c4ccc(-c5cccc6oc7ccccc7c56)cn4)c4ccccc34)cc2)cc1. The summed E-state index contributed by atoms with van der Waals surface area (Å²) in [6.45, 7) is 0. The van der Waals surface area contributed by atoms with Crippen molar-refractivity contribution in [2.45, 2.75) is 0 Å². The predicted octanol–water partition coefficient (Wildman–Crippen LogP) is 12.0. The van der Waals surface area contributed by atoms with Crippen LogP contribution >= 0.6 is 0 Å². The Morgan fingerprint density at radius 3 is 1.56 bits per heavy atom. The summed E-state index contributed by atoms with van der Waals surface area (Å²) in [6, 6.07) is 55.8. The van der Waals surface area contributed by atoms with Crippen LogP contribution in [0.15, 0.2) is 168 Å². The fraction of sp³-hybridized carbons (Fsp3) is 0. The van der Waals surface area contributed by atoms with Crippen LogP contribution in [0.4, 0.5) is 0 Å².